The molecule has 2 rings (SSSR count). The van der Waals surface area contributed by atoms with Crippen LogP contribution in [0.2, 0.25) is 0 Å². The molecule has 2 atom stereocenters. The summed E-state index contributed by atoms with van der Waals surface area (Å²) >= 11 is 0. The highest BCUT2D eigenvalue weighted by atomic mass is 16.4. The molecule has 2 heterocycles. The molecule has 0 bridgehead atoms. The molecule has 1 saturated heterocycles. The molecule has 0 saturated carbocycles. The molecule has 1 aliphatic heterocycles. The highest BCUT2D eigenvalue weighted by Gasteiger charge is 2.26. The summed E-state index contributed by atoms with van der Waals surface area (Å²) in [6, 6.07) is -1.40. The number of aromatic amines is 1. The number of likely N-dealkylation sites (tertiary alicyclic amines) is 1. The van der Waals surface area contributed by atoms with Crippen molar-refractivity contribution in [3.05, 3.63) is 18.2 Å². The number of hydrogen-bond donors (Lipinski definition) is 4. The van der Waals surface area contributed by atoms with Crippen LogP contribution in [0.15, 0.2) is 12.5 Å². The van der Waals surface area contributed by atoms with Crippen molar-refractivity contribution in [1.82, 2.24) is 20.2 Å². The lowest BCUT2D eigenvalue weighted by Gasteiger charge is -2.31. The number of nitrogens with two attached hydrogens (primary N) is 1. The maximum atomic E-state index is 12.1. The van der Waals surface area contributed by atoms with Crippen LogP contribution in [0.3, 0.4) is 0 Å². The first-order chi connectivity index (χ1) is 9.56. The van der Waals surface area contributed by atoms with E-state index < -0.39 is 12.0 Å². The first kappa shape index (κ1) is 14.3. The average molecular weight is 281 g/mol. The number of carboxylic acid groups (broad SMARTS) is 1. The van der Waals surface area contributed by atoms with E-state index in [1.54, 1.807) is 11.1 Å². The monoisotopic (exact) mass is 281 g/mol. The summed E-state index contributed by atoms with van der Waals surface area (Å²) in [6.07, 6.45) is 4.91. The number of piperidine rings is 1. The van der Waals surface area contributed by atoms with Gasteiger partial charge in [-0.3, -0.25) is 0 Å². The fourth-order valence-corrected chi connectivity index (χ4v) is 2.25. The van der Waals surface area contributed by atoms with Gasteiger partial charge in [-0.1, -0.05) is 0 Å². The lowest BCUT2D eigenvalue weighted by atomic mass is 10.1. The highest BCUT2D eigenvalue weighted by Crippen LogP contribution is 2.09. The smallest absolute Gasteiger partial charge is 0.326 e. The second-order valence-electron chi connectivity index (χ2n) is 4.97. The largest absolute Gasteiger partial charge is 0.480 e. The van der Waals surface area contributed by atoms with Crippen LogP contribution in [0, 0.1) is 0 Å². The number of urea groups is 1. The number of rotatable bonds is 4. The van der Waals surface area contributed by atoms with E-state index in [0.29, 0.717) is 18.8 Å². The van der Waals surface area contributed by atoms with E-state index in [1.807, 2.05) is 0 Å². The molecular weight excluding hydrogens is 262 g/mol. The third kappa shape index (κ3) is 3.70. The van der Waals surface area contributed by atoms with E-state index in [-0.39, 0.29) is 18.5 Å². The number of carboxylic acids is 1. The Morgan fingerprint density at radius 3 is 3.05 bits per heavy atom. The third-order valence-electron chi connectivity index (χ3n) is 3.32. The van der Waals surface area contributed by atoms with Crippen LogP contribution in [-0.2, 0) is 11.2 Å². The maximum Gasteiger partial charge on any atom is 0.326 e. The van der Waals surface area contributed by atoms with Crippen molar-refractivity contribution in [2.45, 2.75) is 31.3 Å². The van der Waals surface area contributed by atoms with Gasteiger partial charge in [-0.25, -0.2) is 14.6 Å². The maximum absolute atomic E-state index is 12.1. The molecule has 0 radical (unpaired) electrons. The van der Waals surface area contributed by atoms with E-state index in [0.717, 1.165) is 12.8 Å². The van der Waals surface area contributed by atoms with Crippen LogP contribution in [-0.4, -0.2) is 57.1 Å². The topological polar surface area (TPSA) is 124 Å². The van der Waals surface area contributed by atoms with Gasteiger partial charge in [-0.2, -0.15) is 0 Å². The molecule has 8 heteroatoms. The van der Waals surface area contributed by atoms with E-state index in [2.05, 4.69) is 15.3 Å². The van der Waals surface area contributed by atoms with Gasteiger partial charge in [0.1, 0.15) is 6.04 Å². The number of imidazole rings is 1. The first-order valence-electron chi connectivity index (χ1n) is 6.57. The molecule has 5 N–H and O–H groups in total. The zero-order valence-electron chi connectivity index (χ0n) is 11.1. The van der Waals surface area contributed by atoms with Crippen LogP contribution in [0.4, 0.5) is 4.79 Å². The summed E-state index contributed by atoms with van der Waals surface area (Å²) < 4.78 is 0. The number of aromatic nitrogens is 2. The quantitative estimate of drug-likeness (QED) is 0.594. The molecule has 1 unspecified atom stereocenters. The van der Waals surface area contributed by atoms with Crippen LogP contribution in [0.5, 0.6) is 0 Å². The molecule has 1 aliphatic rings. The molecule has 1 aromatic rings. The predicted molar refractivity (Wildman–Crippen MR) is 71.0 cm³/mol. The lowest BCUT2D eigenvalue weighted by Crippen LogP contribution is -2.53. The van der Waals surface area contributed by atoms with Gasteiger partial charge in [-0.05, 0) is 12.8 Å². The highest BCUT2D eigenvalue weighted by molar-refractivity contribution is 5.82. The Balaban J connectivity index is 1.93. The Bertz CT molecular complexity index is 462. The molecule has 2 amide bonds. The summed E-state index contributed by atoms with van der Waals surface area (Å²) in [6.45, 7) is 1.07. The van der Waals surface area contributed by atoms with Crippen LogP contribution >= 0.6 is 0 Å². The van der Waals surface area contributed by atoms with Gasteiger partial charge in [0, 0.05) is 37.4 Å². The number of nitrogens with one attached hydrogen (secondary N) is 2. The number of aliphatic carboxylic acids is 1. The van der Waals surface area contributed by atoms with Gasteiger partial charge in [0.2, 0.25) is 0 Å². The predicted octanol–water partition coefficient (Wildman–Crippen LogP) is -0.462. The minimum atomic E-state index is -1.07. The first-order valence-corrected chi connectivity index (χ1v) is 6.57. The Morgan fingerprint density at radius 1 is 1.65 bits per heavy atom. The van der Waals surface area contributed by atoms with Crippen LogP contribution < -0.4 is 11.1 Å². The van der Waals surface area contributed by atoms with Gasteiger partial charge in [0.25, 0.3) is 0 Å². The fourth-order valence-electron chi connectivity index (χ4n) is 2.25. The zero-order chi connectivity index (χ0) is 14.5. The van der Waals surface area contributed by atoms with Crippen molar-refractivity contribution in [2.24, 2.45) is 5.73 Å². The van der Waals surface area contributed by atoms with Crippen molar-refractivity contribution in [3.63, 3.8) is 0 Å². The molecule has 20 heavy (non-hydrogen) atoms. The number of H-pyrrole nitrogens is 1. The second kappa shape index (κ2) is 6.38. The number of hydrogen-bond acceptors (Lipinski definition) is 4. The summed E-state index contributed by atoms with van der Waals surface area (Å²) in [5, 5.41) is 11.7. The van der Waals surface area contributed by atoms with Gasteiger partial charge < -0.3 is 26.0 Å². The Morgan fingerprint density at radius 2 is 2.45 bits per heavy atom. The van der Waals surface area contributed by atoms with E-state index in [1.165, 1.54) is 6.33 Å². The lowest BCUT2D eigenvalue weighted by molar-refractivity contribution is -0.139. The summed E-state index contributed by atoms with van der Waals surface area (Å²) in [4.78, 5) is 31.5. The molecule has 1 fully saturated rings. The minimum Gasteiger partial charge on any atom is -0.480 e. The van der Waals surface area contributed by atoms with E-state index >= 15 is 0 Å². The van der Waals surface area contributed by atoms with Gasteiger partial charge in [0.05, 0.1) is 6.33 Å². The van der Waals surface area contributed by atoms with Crippen molar-refractivity contribution in [1.29, 1.82) is 0 Å². The minimum absolute atomic E-state index is 0.0367. The van der Waals surface area contributed by atoms with Crippen molar-refractivity contribution in [2.75, 3.05) is 13.1 Å². The Labute approximate surface area is 116 Å². The molecule has 0 aliphatic carbocycles. The molecule has 110 valence electrons. The number of carbonyl (C=O) groups excluding carboxylic acids is 1. The molecule has 0 spiro atoms. The van der Waals surface area contributed by atoms with Crippen molar-refractivity contribution in [3.8, 4) is 0 Å². The van der Waals surface area contributed by atoms with Crippen molar-refractivity contribution >= 4 is 12.0 Å². The molecule has 0 aromatic carbocycles. The van der Waals surface area contributed by atoms with Crippen LogP contribution in [0.1, 0.15) is 18.5 Å². The SMILES string of the molecule is NC1CCCN(C(=O)N[C@H](Cc2cnc[nH]2)C(=O)O)C1. The summed E-state index contributed by atoms with van der Waals surface area (Å²) in [5.41, 5.74) is 6.47. The van der Waals surface area contributed by atoms with Crippen LogP contribution in [0.25, 0.3) is 0 Å². The number of amides is 2. The molecular formula is C12H19N5O3. The van der Waals surface area contributed by atoms with Gasteiger partial charge >= 0.3 is 12.0 Å². The summed E-state index contributed by atoms with van der Waals surface area (Å²) in [5.74, 6) is -1.07. The van der Waals surface area contributed by atoms with E-state index in [9.17, 15) is 14.7 Å². The second-order valence-corrected chi connectivity index (χ2v) is 4.97. The number of nitrogens with zero attached hydrogens (tertiary/aromatic N) is 2. The average Bonchev–Trinajstić information content (AvgIpc) is 2.90. The Kier molecular flexibility index (Phi) is 4.57. The Hall–Kier alpha value is -2.09. The zero-order valence-corrected chi connectivity index (χ0v) is 11.1. The third-order valence-corrected chi connectivity index (χ3v) is 3.32. The summed E-state index contributed by atoms with van der Waals surface area (Å²) in [7, 11) is 0. The van der Waals surface area contributed by atoms with Crippen molar-refractivity contribution < 1.29 is 14.7 Å². The van der Waals surface area contributed by atoms with E-state index in [4.69, 9.17) is 5.73 Å². The fraction of sp³-hybridized carbons (Fsp3) is 0.583. The number of carbonyl (C=O) groups is 2. The van der Waals surface area contributed by atoms with Gasteiger partial charge in [-0.15, -0.1) is 0 Å². The normalized spacial score (nSPS) is 20.4. The molecule has 8 nitrogen and oxygen atoms in total. The molecule has 1 aromatic heterocycles. The standard InChI is InChI=1S/C12H19N5O3/c13-8-2-1-3-17(6-8)12(20)16-10(11(18)19)4-9-5-14-7-15-9/h5,7-8,10H,1-4,6,13H2,(H,14,15)(H,16,20)(H,18,19)/t8?,10-/m1/s1. The van der Waals surface area contributed by atoms with Gasteiger partial charge in [0.15, 0.2) is 0 Å².